The van der Waals surface area contributed by atoms with Crippen LogP contribution in [0.2, 0.25) is 0 Å². The molecule has 1 heterocycles. The van der Waals surface area contributed by atoms with Crippen LogP contribution in [0.3, 0.4) is 0 Å². The number of alkyl halides is 3. The summed E-state index contributed by atoms with van der Waals surface area (Å²) in [5.41, 5.74) is 4.91. The van der Waals surface area contributed by atoms with Crippen LogP contribution in [-0.4, -0.2) is 23.5 Å². The molecule has 2 amide bonds. The molecule has 1 atom stereocenters. The Kier molecular flexibility index (Phi) is 8.29. The molecule has 3 aromatic rings. The summed E-state index contributed by atoms with van der Waals surface area (Å²) < 4.78 is 39.6. The van der Waals surface area contributed by atoms with Crippen molar-refractivity contribution in [1.29, 1.82) is 5.26 Å². The first-order valence-corrected chi connectivity index (χ1v) is 13.9. The molecule has 0 bridgehead atoms. The summed E-state index contributed by atoms with van der Waals surface area (Å²) in [6, 6.07) is 21.2. The second kappa shape index (κ2) is 12.0. The molecule has 2 N–H and O–H groups in total. The Morgan fingerprint density at radius 3 is 2.45 bits per heavy atom. The van der Waals surface area contributed by atoms with Crippen molar-refractivity contribution in [3.05, 3.63) is 89.0 Å². The minimum absolute atomic E-state index is 0.192. The minimum Gasteiger partial charge on any atom is -0.382 e. The molecule has 1 aliphatic carbocycles. The maximum atomic E-state index is 13.4. The quantitative estimate of drug-likeness (QED) is 0.317. The van der Waals surface area contributed by atoms with Gasteiger partial charge in [0, 0.05) is 31.2 Å². The van der Waals surface area contributed by atoms with Gasteiger partial charge in [0.1, 0.15) is 0 Å². The van der Waals surface area contributed by atoms with Crippen LogP contribution in [0.25, 0.3) is 11.1 Å². The van der Waals surface area contributed by atoms with Crippen molar-refractivity contribution in [2.45, 2.75) is 69.8 Å². The van der Waals surface area contributed by atoms with E-state index in [2.05, 4.69) is 22.8 Å². The summed E-state index contributed by atoms with van der Waals surface area (Å²) in [5, 5.41) is 15.9. The second-order valence-electron chi connectivity index (χ2n) is 10.6. The zero-order valence-corrected chi connectivity index (χ0v) is 22.3. The van der Waals surface area contributed by atoms with Crippen LogP contribution in [0.1, 0.15) is 66.8 Å². The number of amides is 2. The molecule has 0 radical (unpaired) electrons. The standard InChI is InChI=1S/C32H33F3N4O/c33-32(34,35)25-14-12-22(13-15-25)29-20-27(37-26-9-4-5-10-26)19-24-21-39(18-16-28(24)29)31(40)38-30(11-6-17-36)23-7-2-1-3-8-23/h1-3,7-8,12-15,19-20,26,30,37H,4-6,9-11,16,18,21H2,(H,38,40)/t30-/m0/s1. The van der Waals surface area contributed by atoms with Gasteiger partial charge in [0.05, 0.1) is 17.7 Å². The molecule has 0 spiro atoms. The fraction of sp³-hybridized carbons (Fsp3) is 0.375. The van der Waals surface area contributed by atoms with Gasteiger partial charge in [-0.2, -0.15) is 18.4 Å². The number of carbonyl (C=O) groups is 1. The van der Waals surface area contributed by atoms with E-state index < -0.39 is 11.7 Å². The van der Waals surface area contributed by atoms with Gasteiger partial charge in [0.2, 0.25) is 0 Å². The topological polar surface area (TPSA) is 68.2 Å². The molecule has 40 heavy (non-hydrogen) atoms. The van der Waals surface area contributed by atoms with Gasteiger partial charge in [-0.1, -0.05) is 55.3 Å². The normalized spacial score (nSPS) is 16.2. The van der Waals surface area contributed by atoms with Crippen LogP contribution in [-0.2, 0) is 19.1 Å². The smallest absolute Gasteiger partial charge is 0.382 e. The number of carbonyl (C=O) groups excluding carboxylic acids is 1. The molecule has 0 aromatic heterocycles. The number of nitrogens with one attached hydrogen (secondary N) is 2. The number of fused-ring (bicyclic) bond motifs is 1. The van der Waals surface area contributed by atoms with E-state index >= 15 is 0 Å². The molecule has 208 valence electrons. The van der Waals surface area contributed by atoms with E-state index in [0.717, 1.165) is 58.5 Å². The summed E-state index contributed by atoms with van der Waals surface area (Å²) in [6.07, 6.45) is 1.59. The SMILES string of the molecule is N#CCC[C@H](NC(=O)N1CCc2c(cc(NC3CCCC3)cc2-c2ccc(C(F)(F)F)cc2)C1)c1ccccc1. The number of benzene rings is 3. The first kappa shape index (κ1) is 27.6. The molecule has 5 rings (SSSR count). The Hall–Kier alpha value is -3.99. The number of anilines is 1. The van der Waals surface area contributed by atoms with Crippen molar-refractivity contribution in [2.75, 3.05) is 11.9 Å². The number of nitrogens with zero attached hydrogens (tertiary/aromatic N) is 2. The highest BCUT2D eigenvalue weighted by molar-refractivity contribution is 5.78. The van der Waals surface area contributed by atoms with E-state index in [1.165, 1.54) is 25.0 Å². The molecule has 1 saturated carbocycles. The fourth-order valence-electron chi connectivity index (χ4n) is 5.82. The van der Waals surface area contributed by atoms with Crippen LogP contribution in [0, 0.1) is 11.3 Å². The van der Waals surface area contributed by atoms with Gasteiger partial charge >= 0.3 is 12.2 Å². The molecule has 1 fully saturated rings. The number of hydrogen-bond acceptors (Lipinski definition) is 3. The summed E-state index contributed by atoms with van der Waals surface area (Å²) in [6.45, 7) is 0.885. The van der Waals surface area contributed by atoms with Crippen molar-refractivity contribution in [3.8, 4) is 17.2 Å². The number of hydrogen-bond donors (Lipinski definition) is 2. The predicted octanol–water partition coefficient (Wildman–Crippen LogP) is 7.84. The lowest BCUT2D eigenvalue weighted by Gasteiger charge is -2.33. The predicted molar refractivity (Wildman–Crippen MR) is 149 cm³/mol. The average Bonchev–Trinajstić information content (AvgIpc) is 3.47. The number of rotatable bonds is 7. The summed E-state index contributed by atoms with van der Waals surface area (Å²) in [5.74, 6) is 0. The van der Waals surface area contributed by atoms with Crippen LogP contribution in [0.5, 0.6) is 0 Å². The lowest BCUT2D eigenvalue weighted by Crippen LogP contribution is -2.44. The van der Waals surface area contributed by atoms with E-state index in [1.807, 2.05) is 36.4 Å². The second-order valence-corrected chi connectivity index (χ2v) is 10.6. The molecular weight excluding hydrogens is 513 g/mol. The van der Waals surface area contributed by atoms with Gasteiger partial charge in [0.15, 0.2) is 0 Å². The van der Waals surface area contributed by atoms with Crippen molar-refractivity contribution in [3.63, 3.8) is 0 Å². The highest BCUT2D eigenvalue weighted by Crippen LogP contribution is 2.37. The highest BCUT2D eigenvalue weighted by Gasteiger charge is 2.31. The van der Waals surface area contributed by atoms with Crippen LogP contribution in [0.15, 0.2) is 66.7 Å². The molecule has 5 nitrogen and oxygen atoms in total. The monoisotopic (exact) mass is 546 g/mol. The maximum Gasteiger partial charge on any atom is 0.416 e. The van der Waals surface area contributed by atoms with Crippen molar-refractivity contribution < 1.29 is 18.0 Å². The first-order chi connectivity index (χ1) is 19.3. The van der Waals surface area contributed by atoms with E-state index in [0.29, 0.717) is 38.4 Å². The van der Waals surface area contributed by atoms with E-state index in [-0.39, 0.29) is 12.1 Å². The highest BCUT2D eigenvalue weighted by atomic mass is 19.4. The number of nitriles is 1. The molecule has 2 aliphatic rings. The lowest BCUT2D eigenvalue weighted by atomic mass is 9.89. The van der Waals surface area contributed by atoms with E-state index in [4.69, 9.17) is 5.26 Å². The van der Waals surface area contributed by atoms with Crippen molar-refractivity contribution in [2.24, 2.45) is 0 Å². The molecule has 8 heteroatoms. The van der Waals surface area contributed by atoms with E-state index in [9.17, 15) is 18.0 Å². The van der Waals surface area contributed by atoms with Gasteiger partial charge in [-0.05, 0) is 77.8 Å². The number of halogens is 3. The first-order valence-electron chi connectivity index (χ1n) is 13.9. The van der Waals surface area contributed by atoms with Gasteiger partial charge < -0.3 is 15.5 Å². The van der Waals surface area contributed by atoms with Gasteiger partial charge in [-0.25, -0.2) is 4.79 Å². The summed E-state index contributed by atoms with van der Waals surface area (Å²) in [7, 11) is 0. The van der Waals surface area contributed by atoms with Gasteiger partial charge in [0.25, 0.3) is 0 Å². The molecule has 0 unspecified atom stereocenters. The largest absolute Gasteiger partial charge is 0.416 e. The Morgan fingerprint density at radius 2 is 1.77 bits per heavy atom. The van der Waals surface area contributed by atoms with Crippen molar-refractivity contribution >= 4 is 11.7 Å². The zero-order valence-electron chi connectivity index (χ0n) is 22.3. The molecule has 0 saturated heterocycles. The van der Waals surface area contributed by atoms with Crippen LogP contribution < -0.4 is 10.6 Å². The zero-order chi connectivity index (χ0) is 28.1. The third kappa shape index (κ3) is 6.41. The summed E-state index contributed by atoms with van der Waals surface area (Å²) >= 11 is 0. The third-order valence-corrected chi connectivity index (χ3v) is 7.92. The average molecular weight is 547 g/mol. The molecule has 1 aliphatic heterocycles. The van der Waals surface area contributed by atoms with Crippen LogP contribution in [0.4, 0.5) is 23.7 Å². The van der Waals surface area contributed by atoms with Crippen molar-refractivity contribution in [1.82, 2.24) is 10.2 Å². The number of urea groups is 1. The maximum absolute atomic E-state index is 13.4. The Balaban J connectivity index is 1.41. The van der Waals surface area contributed by atoms with Gasteiger partial charge in [-0.15, -0.1) is 0 Å². The van der Waals surface area contributed by atoms with Gasteiger partial charge in [-0.3, -0.25) is 0 Å². The minimum atomic E-state index is -4.39. The molecular formula is C32H33F3N4O. The van der Waals surface area contributed by atoms with E-state index in [1.54, 1.807) is 4.90 Å². The Bertz CT molecular complexity index is 1360. The fourth-order valence-corrected chi connectivity index (χ4v) is 5.82. The Labute approximate surface area is 233 Å². The lowest BCUT2D eigenvalue weighted by molar-refractivity contribution is -0.137. The Morgan fingerprint density at radius 1 is 1.05 bits per heavy atom. The summed E-state index contributed by atoms with van der Waals surface area (Å²) in [4.78, 5) is 15.2. The molecule has 3 aromatic carbocycles. The third-order valence-electron chi connectivity index (χ3n) is 7.92. The van der Waals surface area contributed by atoms with Crippen LogP contribution >= 0.6 is 0 Å².